The minimum Gasteiger partial charge on any atom is -0.438 e. The minimum absolute atomic E-state index is 0.373. The summed E-state index contributed by atoms with van der Waals surface area (Å²) in [5.41, 5.74) is 0.772. The van der Waals surface area contributed by atoms with E-state index in [4.69, 9.17) is 4.74 Å². The Morgan fingerprint density at radius 1 is 1.21 bits per heavy atom. The Labute approximate surface area is 119 Å². The zero-order chi connectivity index (χ0) is 14.0. The van der Waals surface area contributed by atoms with Crippen LogP contribution < -0.4 is 10.1 Å². The number of hydrogen-bond acceptors (Lipinski definition) is 4. The van der Waals surface area contributed by atoms with E-state index >= 15 is 0 Å². The summed E-state index contributed by atoms with van der Waals surface area (Å²) in [6.45, 7) is 3.61. The van der Waals surface area contributed by atoms with E-state index in [0.29, 0.717) is 27.7 Å². The Morgan fingerprint density at radius 2 is 1.95 bits per heavy atom. The highest BCUT2D eigenvalue weighted by Gasteiger charge is 2.11. The van der Waals surface area contributed by atoms with E-state index in [9.17, 15) is 4.39 Å². The van der Waals surface area contributed by atoms with E-state index in [-0.39, 0.29) is 5.82 Å². The minimum atomic E-state index is -0.373. The number of benzene rings is 1. The van der Waals surface area contributed by atoms with Crippen molar-refractivity contribution >= 4 is 21.7 Å². The third kappa shape index (κ3) is 3.20. The number of hydrogen-bond donors (Lipinski definition) is 1. The number of rotatable bonds is 3. The lowest BCUT2D eigenvalue weighted by molar-refractivity contribution is 0.451. The largest absolute Gasteiger partial charge is 0.438 e. The van der Waals surface area contributed by atoms with Crippen LogP contribution in [0.3, 0.4) is 0 Å². The fourth-order valence-corrected chi connectivity index (χ4v) is 2.09. The van der Waals surface area contributed by atoms with E-state index in [1.807, 2.05) is 6.92 Å². The van der Waals surface area contributed by atoms with Crippen molar-refractivity contribution in [3.8, 4) is 11.6 Å². The zero-order valence-corrected chi connectivity index (χ0v) is 12.4. The van der Waals surface area contributed by atoms with E-state index in [1.54, 1.807) is 20.0 Å². The van der Waals surface area contributed by atoms with Gasteiger partial charge in [-0.25, -0.2) is 9.37 Å². The Hall–Kier alpha value is -1.69. The van der Waals surface area contributed by atoms with Crippen molar-refractivity contribution in [3.63, 3.8) is 0 Å². The van der Waals surface area contributed by atoms with Crippen LogP contribution in [0.1, 0.15) is 11.4 Å². The van der Waals surface area contributed by atoms with Crippen LogP contribution >= 0.6 is 15.9 Å². The van der Waals surface area contributed by atoms with Crippen LogP contribution in [-0.4, -0.2) is 17.0 Å². The van der Waals surface area contributed by atoms with Crippen LogP contribution in [0.5, 0.6) is 11.6 Å². The number of aryl methyl sites for hydroxylation is 1. The summed E-state index contributed by atoms with van der Waals surface area (Å²) in [7, 11) is 1.78. The van der Waals surface area contributed by atoms with Crippen LogP contribution in [0.15, 0.2) is 22.7 Å². The molecular weight excluding hydrogens is 313 g/mol. The highest BCUT2D eigenvalue weighted by atomic mass is 79.9. The summed E-state index contributed by atoms with van der Waals surface area (Å²) in [5.74, 6) is 1.70. The molecule has 0 saturated carbocycles. The standard InChI is InChI=1S/C13H13BrFN3O/c1-7-12(16-3)17-8(2)18-13(7)19-11-5-9(14)4-10(15)6-11/h4-6H,1-3H3,(H,16,17,18). The molecule has 4 nitrogen and oxygen atoms in total. The number of ether oxygens (including phenoxy) is 1. The van der Waals surface area contributed by atoms with Crippen molar-refractivity contribution in [1.29, 1.82) is 0 Å². The molecule has 1 aromatic carbocycles. The molecule has 0 aliphatic carbocycles. The third-order valence-electron chi connectivity index (χ3n) is 2.50. The van der Waals surface area contributed by atoms with E-state index < -0.39 is 0 Å². The molecule has 0 radical (unpaired) electrons. The Bertz CT molecular complexity index is 599. The second kappa shape index (κ2) is 5.52. The van der Waals surface area contributed by atoms with Gasteiger partial charge in [0, 0.05) is 17.6 Å². The highest BCUT2D eigenvalue weighted by Crippen LogP contribution is 2.29. The topological polar surface area (TPSA) is 47.0 Å². The predicted molar refractivity (Wildman–Crippen MR) is 75.2 cm³/mol. The van der Waals surface area contributed by atoms with Gasteiger partial charge in [-0.2, -0.15) is 4.98 Å². The maximum atomic E-state index is 13.3. The first-order valence-corrected chi connectivity index (χ1v) is 6.46. The van der Waals surface area contributed by atoms with Gasteiger partial charge >= 0.3 is 0 Å². The lowest BCUT2D eigenvalue weighted by atomic mass is 10.3. The SMILES string of the molecule is CNc1nc(C)nc(Oc2cc(F)cc(Br)c2)c1C. The molecule has 0 bridgehead atoms. The smallest absolute Gasteiger partial charge is 0.227 e. The van der Waals surface area contributed by atoms with Crippen LogP contribution in [0.4, 0.5) is 10.2 Å². The monoisotopic (exact) mass is 325 g/mol. The highest BCUT2D eigenvalue weighted by molar-refractivity contribution is 9.10. The van der Waals surface area contributed by atoms with Crippen LogP contribution in [0.2, 0.25) is 0 Å². The average molecular weight is 326 g/mol. The number of nitrogens with one attached hydrogen (secondary N) is 1. The van der Waals surface area contributed by atoms with Gasteiger partial charge in [0.05, 0.1) is 5.56 Å². The van der Waals surface area contributed by atoms with E-state index in [2.05, 4.69) is 31.2 Å². The van der Waals surface area contributed by atoms with Crippen molar-refractivity contribution in [2.45, 2.75) is 13.8 Å². The fraction of sp³-hybridized carbons (Fsp3) is 0.231. The van der Waals surface area contributed by atoms with Crippen LogP contribution in [0.25, 0.3) is 0 Å². The summed E-state index contributed by atoms with van der Waals surface area (Å²) < 4.78 is 19.5. The average Bonchev–Trinajstić information content (AvgIpc) is 2.32. The molecule has 100 valence electrons. The molecule has 19 heavy (non-hydrogen) atoms. The van der Waals surface area contributed by atoms with E-state index in [1.165, 1.54) is 12.1 Å². The molecule has 0 saturated heterocycles. The first-order valence-electron chi connectivity index (χ1n) is 5.66. The molecule has 6 heteroatoms. The maximum absolute atomic E-state index is 13.3. The van der Waals surface area contributed by atoms with Gasteiger partial charge in [-0.15, -0.1) is 0 Å². The summed E-state index contributed by atoms with van der Waals surface area (Å²) in [4.78, 5) is 8.47. The molecule has 1 heterocycles. The molecule has 0 aliphatic heterocycles. The van der Waals surface area contributed by atoms with Gasteiger partial charge in [0.1, 0.15) is 23.2 Å². The van der Waals surface area contributed by atoms with Gasteiger partial charge in [0.2, 0.25) is 5.88 Å². The number of nitrogens with zero attached hydrogens (tertiary/aromatic N) is 2. The summed E-state index contributed by atoms with van der Waals surface area (Å²) in [6, 6.07) is 4.35. The molecule has 0 unspecified atom stereocenters. The van der Waals surface area contributed by atoms with Crippen molar-refractivity contribution in [3.05, 3.63) is 39.9 Å². The van der Waals surface area contributed by atoms with Crippen molar-refractivity contribution in [1.82, 2.24) is 9.97 Å². The van der Waals surface area contributed by atoms with Gasteiger partial charge in [0.25, 0.3) is 0 Å². The van der Waals surface area contributed by atoms with Crippen LogP contribution in [0, 0.1) is 19.7 Å². The number of aromatic nitrogens is 2. The molecule has 0 aliphatic rings. The van der Waals surface area contributed by atoms with Gasteiger partial charge in [-0.05, 0) is 26.0 Å². The van der Waals surface area contributed by atoms with E-state index in [0.717, 1.165) is 5.56 Å². The molecular formula is C13H13BrFN3O. The first-order chi connectivity index (χ1) is 8.99. The Balaban J connectivity index is 2.40. The predicted octanol–water partition coefficient (Wildman–Crippen LogP) is 3.83. The Morgan fingerprint density at radius 3 is 2.58 bits per heavy atom. The normalized spacial score (nSPS) is 10.4. The zero-order valence-electron chi connectivity index (χ0n) is 10.8. The van der Waals surface area contributed by atoms with Gasteiger partial charge < -0.3 is 10.1 Å². The second-order valence-electron chi connectivity index (χ2n) is 4.01. The summed E-state index contributed by atoms with van der Waals surface area (Å²) >= 11 is 3.22. The number of anilines is 1. The lowest BCUT2D eigenvalue weighted by Gasteiger charge is -2.11. The molecule has 2 aromatic rings. The summed E-state index contributed by atoms with van der Waals surface area (Å²) in [5, 5.41) is 2.97. The van der Waals surface area contributed by atoms with Crippen molar-refractivity contribution < 1.29 is 9.13 Å². The molecule has 1 aromatic heterocycles. The fourth-order valence-electron chi connectivity index (χ4n) is 1.64. The Kier molecular flexibility index (Phi) is 3.99. The van der Waals surface area contributed by atoms with Crippen molar-refractivity contribution in [2.75, 3.05) is 12.4 Å². The maximum Gasteiger partial charge on any atom is 0.227 e. The van der Waals surface area contributed by atoms with Gasteiger partial charge in [-0.1, -0.05) is 15.9 Å². The quantitative estimate of drug-likeness (QED) is 0.931. The summed E-state index contributed by atoms with van der Waals surface area (Å²) in [6.07, 6.45) is 0. The molecule has 0 spiro atoms. The lowest BCUT2D eigenvalue weighted by Crippen LogP contribution is -2.03. The van der Waals surface area contributed by atoms with Gasteiger partial charge in [-0.3, -0.25) is 0 Å². The molecule has 1 N–H and O–H groups in total. The molecule has 0 amide bonds. The third-order valence-corrected chi connectivity index (χ3v) is 2.96. The second-order valence-corrected chi connectivity index (χ2v) is 4.92. The van der Waals surface area contributed by atoms with Gasteiger partial charge in [0.15, 0.2) is 0 Å². The molecule has 0 fully saturated rings. The van der Waals surface area contributed by atoms with Crippen molar-refractivity contribution in [2.24, 2.45) is 0 Å². The molecule has 2 rings (SSSR count). The first kappa shape index (κ1) is 13.7. The van der Waals surface area contributed by atoms with Crippen LogP contribution in [-0.2, 0) is 0 Å². The number of halogens is 2. The molecule has 0 atom stereocenters.